The molecule has 3 heteroatoms. The molecule has 0 unspecified atom stereocenters. The molecule has 0 radical (unpaired) electrons. The SMILES string of the molecule is CCOC(=O)Cc1oc(C)cc1C. The quantitative estimate of drug-likeness (QED) is 0.671. The molecule has 0 fully saturated rings. The molecule has 0 N–H and O–H groups in total. The molecule has 0 aliphatic rings. The van der Waals surface area contributed by atoms with E-state index < -0.39 is 0 Å². The normalized spacial score (nSPS) is 10.1. The van der Waals surface area contributed by atoms with Gasteiger partial charge in [0.15, 0.2) is 0 Å². The van der Waals surface area contributed by atoms with E-state index in [-0.39, 0.29) is 12.4 Å². The van der Waals surface area contributed by atoms with E-state index in [4.69, 9.17) is 9.15 Å². The summed E-state index contributed by atoms with van der Waals surface area (Å²) in [6, 6.07) is 1.91. The molecule has 1 aromatic heterocycles. The number of furan rings is 1. The van der Waals surface area contributed by atoms with Crippen molar-refractivity contribution in [3.63, 3.8) is 0 Å². The van der Waals surface area contributed by atoms with E-state index in [1.807, 2.05) is 19.9 Å². The Hall–Kier alpha value is -1.25. The predicted octanol–water partition coefficient (Wildman–Crippen LogP) is 2.00. The van der Waals surface area contributed by atoms with Gasteiger partial charge in [-0.05, 0) is 32.4 Å². The molecule has 72 valence electrons. The maximum Gasteiger partial charge on any atom is 0.313 e. The number of esters is 1. The lowest BCUT2D eigenvalue weighted by Crippen LogP contribution is -2.07. The smallest absolute Gasteiger partial charge is 0.313 e. The fraction of sp³-hybridized carbons (Fsp3) is 0.500. The highest BCUT2D eigenvalue weighted by molar-refractivity contribution is 5.72. The summed E-state index contributed by atoms with van der Waals surface area (Å²) >= 11 is 0. The van der Waals surface area contributed by atoms with Gasteiger partial charge < -0.3 is 9.15 Å². The van der Waals surface area contributed by atoms with Crippen molar-refractivity contribution in [3.8, 4) is 0 Å². The molecule has 0 atom stereocenters. The summed E-state index contributed by atoms with van der Waals surface area (Å²) < 4.78 is 10.1. The first-order valence-corrected chi connectivity index (χ1v) is 4.35. The van der Waals surface area contributed by atoms with Crippen LogP contribution in [-0.2, 0) is 16.0 Å². The summed E-state index contributed by atoms with van der Waals surface area (Å²) in [7, 11) is 0. The molecule has 0 aliphatic heterocycles. The fourth-order valence-corrected chi connectivity index (χ4v) is 1.21. The van der Waals surface area contributed by atoms with E-state index in [1.165, 1.54) is 0 Å². The monoisotopic (exact) mass is 182 g/mol. The number of ether oxygens (including phenoxy) is 1. The zero-order valence-corrected chi connectivity index (χ0v) is 8.22. The van der Waals surface area contributed by atoms with Gasteiger partial charge in [-0.25, -0.2) is 0 Å². The van der Waals surface area contributed by atoms with E-state index in [0.29, 0.717) is 12.4 Å². The van der Waals surface area contributed by atoms with Crippen molar-refractivity contribution in [2.24, 2.45) is 0 Å². The van der Waals surface area contributed by atoms with Crippen molar-refractivity contribution in [3.05, 3.63) is 23.2 Å². The van der Waals surface area contributed by atoms with Gasteiger partial charge in [0.25, 0.3) is 0 Å². The van der Waals surface area contributed by atoms with E-state index in [2.05, 4.69) is 0 Å². The Morgan fingerprint density at radius 2 is 2.23 bits per heavy atom. The summed E-state index contributed by atoms with van der Waals surface area (Å²) in [6.07, 6.45) is 0.230. The standard InChI is InChI=1S/C10H14O3/c1-4-12-10(11)6-9-7(2)5-8(3)13-9/h5H,4,6H2,1-3H3. The molecular weight excluding hydrogens is 168 g/mol. The molecule has 0 saturated carbocycles. The van der Waals surface area contributed by atoms with Crippen molar-refractivity contribution in [1.29, 1.82) is 0 Å². The van der Waals surface area contributed by atoms with Crippen LogP contribution in [-0.4, -0.2) is 12.6 Å². The number of carbonyl (C=O) groups is 1. The molecule has 0 spiro atoms. The zero-order chi connectivity index (χ0) is 9.84. The minimum atomic E-state index is -0.236. The Bertz CT molecular complexity index is 299. The van der Waals surface area contributed by atoms with Crippen LogP contribution in [0.15, 0.2) is 10.5 Å². The number of rotatable bonds is 3. The average molecular weight is 182 g/mol. The third kappa shape index (κ3) is 2.61. The van der Waals surface area contributed by atoms with Gasteiger partial charge in [-0.1, -0.05) is 0 Å². The predicted molar refractivity (Wildman–Crippen MR) is 48.5 cm³/mol. The van der Waals surface area contributed by atoms with E-state index in [0.717, 1.165) is 11.3 Å². The second kappa shape index (κ2) is 4.12. The van der Waals surface area contributed by atoms with Gasteiger partial charge in [-0.3, -0.25) is 4.79 Å². The van der Waals surface area contributed by atoms with Gasteiger partial charge in [0.2, 0.25) is 0 Å². The van der Waals surface area contributed by atoms with Crippen LogP contribution in [0.4, 0.5) is 0 Å². The van der Waals surface area contributed by atoms with Crippen molar-refractivity contribution in [2.75, 3.05) is 6.61 Å². The van der Waals surface area contributed by atoms with Crippen LogP contribution in [0, 0.1) is 13.8 Å². The van der Waals surface area contributed by atoms with Crippen LogP contribution in [0.5, 0.6) is 0 Å². The summed E-state index contributed by atoms with van der Waals surface area (Å²) in [5, 5.41) is 0. The third-order valence-electron chi connectivity index (χ3n) is 1.75. The largest absolute Gasteiger partial charge is 0.466 e. The fourth-order valence-electron chi connectivity index (χ4n) is 1.21. The maximum atomic E-state index is 11.1. The molecule has 1 aromatic rings. The Kier molecular flexibility index (Phi) is 3.12. The molecule has 0 saturated heterocycles. The molecule has 0 bridgehead atoms. The summed E-state index contributed by atoms with van der Waals surface area (Å²) in [5.74, 6) is 1.30. The number of carbonyl (C=O) groups excluding carboxylic acids is 1. The second-order valence-electron chi connectivity index (χ2n) is 2.95. The molecule has 3 nitrogen and oxygen atoms in total. The molecule has 0 amide bonds. The van der Waals surface area contributed by atoms with E-state index >= 15 is 0 Å². The highest BCUT2D eigenvalue weighted by Crippen LogP contribution is 2.14. The lowest BCUT2D eigenvalue weighted by molar-refractivity contribution is -0.142. The molecule has 1 rings (SSSR count). The molecule has 13 heavy (non-hydrogen) atoms. The number of hydrogen-bond donors (Lipinski definition) is 0. The third-order valence-corrected chi connectivity index (χ3v) is 1.75. The van der Waals surface area contributed by atoms with Crippen LogP contribution in [0.3, 0.4) is 0 Å². The highest BCUT2D eigenvalue weighted by atomic mass is 16.5. The first kappa shape index (κ1) is 9.84. The molecule has 0 aromatic carbocycles. The van der Waals surface area contributed by atoms with Crippen molar-refractivity contribution in [1.82, 2.24) is 0 Å². The molecular formula is C10H14O3. The van der Waals surface area contributed by atoms with Gasteiger partial charge in [0.05, 0.1) is 6.61 Å². The van der Waals surface area contributed by atoms with Gasteiger partial charge >= 0.3 is 5.97 Å². The summed E-state index contributed by atoms with van der Waals surface area (Å²) in [6.45, 7) is 5.99. The van der Waals surface area contributed by atoms with E-state index in [1.54, 1.807) is 6.92 Å². The zero-order valence-electron chi connectivity index (χ0n) is 8.22. The summed E-state index contributed by atoms with van der Waals surface area (Å²) in [4.78, 5) is 11.1. The minimum Gasteiger partial charge on any atom is -0.466 e. The minimum absolute atomic E-state index is 0.230. The first-order valence-electron chi connectivity index (χ1n) is 4.35. The van der Waals surface area contributed by atoms with Crippen LogP contribution in [0.2, 0.25) is 0 Å². The van der Waals surface area contributed by atoms with Gasteiger partial charge in [-0.15, -0.1) is 0 Å². The van der Waals surface area contributed by atoms with Gasteiger partial charge in [-0.2, -0.15) is 0 Å². The first-order chi connectivity index (χ1) is 6.13. The van der Waals surface area contributed by atoms with Gasteiger partial charge in [0.1, 0.15) is 17.9 Å². The van der Waals surface area contributed by atoms with Crippen LogP contribution in [0.1, 0.15) is 24.0 Å². The topological polar surface area (TPSA) is 39.4 Å². The van der Waals surface area contributed by atoms with Crippen LogP contribution >= 0.6 is 0 Å². The maximum absolute atomic E-state index is 11.1. The number of aryl methyl sites for hydroxylation is 2. The van der Waals surface area contributed by atoms with Crippen LogP contribution in [0.25, 0.3) is 0 Å². The van der Waals surface area contributed by atoms with Crippen molar-refractivity contribution >= 4 is 5.97 Å². The Labute approximate surface area is 77.7 Å². The van der Waals surface area contributed by atoms with Gasteiger partial charge in [0, 0.05) is 0 Å². The Balaban J connectivity index is 2.63. The van der Waals surface area contributed by atoms with Crippen molar-refractivity contribution in [2.45, 2.75) is 27.2 Å². The molecule has 1 heterocycles. The second-order valence-corrected chi connectivity index (χ2v) is 2.95. The Morgan fingerprint density at radius 3 is 2.69 bits per heavy atom. The average Bonchev–Trinajstić information content (AvgIpc) is 2.30. The van der Waals surface area contributed by atoms with Crippen LogP contribution < -0.4 is 0 Å². The molecule has 0 aliphatic carbocycles. The summed E-state index contributed by atoms with van der Waals surface area (Å²) in [5.41, 5.74) is 1.01. The lowest BCUT2D eigenvalue weighted by atomic mass is 10.2. The highest BCUT2D eigenvalue weighted by Gasteiger charge is 2.10. The Morgan fingerprint density at radius 1 is 1.54 bits per heavy atom. The van der Waals surface area contributed by atoms with E-state index in [9.17, 15) is 4.79 Å². The van der Waals surface area contributed by atoms with Crippen molar-refractivity contribution < 1.29 is 13.9 Å². The number of hydrogen-bond acceptors (Lipinski definition) is 3. The lowest BCUT2D eigenvalue weighted by Gasteiger charge is -1.99.